The number of nitrogens with zero attached hydrogens (tertiary/aromatic N) is 3. The molecule has 4 heterocycles. The number of piperidine rings is 1. The molecule has 0 saturated carbocycles. The van der Waals surface area contributed by atoms with Gasteiger partial charge in [0.2, 0.25) is 0 Å². The van der Waals surface area contributed by atoms with E-state index in [9.17, 15) is 4.79 Å². The molecule has 8 heteroatoms. The van der Waals surface area contributed by atoms with Crippen molar-refractivity contribution in [3.05, 3.63) is 23.9 Å². The lowest BCUT2D eigenvalue weighted by Crippen LogP contribution is -2.39. The Labute approximate surface area is 175 Å². The minimum absolute atomic E-state index is 0.233. The van der Waals surface area contributed by atoms with Crippen molar-refractivity contribution in [2.45, 2.75) is 51.7 Å². The first-order valence-corrected chi connectivity index (χ1v) is 11.0. The molecule has 2 aliphatic heterocycles. The highest BCUT2D eigenvalue weighted by Gasteiger charge is 2.24. The minimum atomic E-state index is -0.476. The summed E-state index contributed by atoms with van der Waals surface area (Å²) in [5.74, 6) is 0. The number of nitrogens with one attached hydrogen (secondary N) is 1. The molecular formula is C21H28N4O3S. The van der Waals surface area contributed by atoms with E-state index in [2.05, 4.69) is 27.4 Å². The van der Waals surface area contributed by atoms with Crippen LogP contribution in [-0.4, -0.2) is 58.8 Å². The zero-order chi connectivity index (χ0) is 20.4. The van der Waals surface area contributed by atoms with Gasteiger partial charge in [-0.25, -0.2) is 9.78 Å². The fourth-order valence-corrected chi connectivity index (χ4v) is 4.39. The quantitative estimate of drug-likeness (QED) is 0.819. The van der Waals surface area contributed by atoms with Crippen LogP contribution in [-0.2, 0) is 4.74 Å². The first-order chi connectivity index (χ1) is 13.9. The maximum atomic E-state index is 12.2. The molecule has 2 aromatic rings. The van der Waals surface area contributed by atoms with Gasteiger partial charge in [-0.2, -0.15) is 4.98 Å². The number of pyridine rings is 1. The van der Waals surface area contributed by atoms with Gasteiger partial charge in [-0.1, -0.05) is 17.4 Å². The number of fused-ring (bicyclic) bond motifs is 1. The Morgan fingerprint density at radius 3 is 2.79 bits per heavy atom. The molecule has 4 rings (SSSR count). The molecule has 2 aliphatic rings. The van der Waals surface area contributed by atoms with Crippen molar-refractivity contribution < 1.29 is 14.3 Å². The molecule has 156 valence electrons. The van der Waals surface area contributed by atoms with Gasteiger partial charge in [0.1, 0.15) is 11.7 Å². The van der Waals surface area contributed by atoms with Gasteiger partial charge in [-0.05, 0) is 70.3 Å². The number of hydrogen-bond acceptors (Lipinski definition) is 7. The molecule has 0 aromatic carbocycles. The second-order valence-electron chi connectivity index (χ2n) is 8.50. The maximum absolute atomic E-state index is 12.2. The lowest BCUT2D eigenvalue weighted by molar-refractivity contribution is 0.0270. The largest absolute Gasteiger partial charge is 0.467 e. The summed E-state index contributed by atoms with van der Waals surface area (Å²) in [5.41, 5.74) is 2.54. The Morgan fingerprint density at radius 1 is 1.31 bits per heavy atom. The highest BCUT2D eigenvalue weighted by atomic mass is 32.1. The van der Waals surface area contributed by atoms with Crippen LogP contribution in [0.15, 0.2) is 18.3 Å². The van der Waals surface area contributed by atoms with Crippen molar-refractivity contribution in [1.82, 2.24) is 20.2 Å². The van der Waals surface area contributed by atoms with Crippen LogP contribution in [0.25, 0.3) is 15.9 Å². The normalized spacial score (nSPS) is 18.6. The molecule has 7 nitrogen and oxygen atoms in total. The summed E-state index contributed by atoms with van der Waals surface area (Å²) < 4.78 is 12.6. The van der Waals surface area contributed by atoms with E-state index in [-0.39, 0.29) is 12.2 Å². The molecule has 1 N–H and O–H groups in total. The monoisotopic (exact) mass is 416 g/mol. The third-order valence-corrected chi connectivity index (χ3v) is 5.90. The molecule has 2 aromatic heterocycles. The minimum Gasteiger partial charge on any atom is -0.467 e. The van der Waals surface area contributed by atoms with Crippen LogP contribution in [0.4, 0.5) is 4.79 Å². The zero-order valence-electron chi connectivity index (χ0n) is 17.2. The van der Waals surface area contributed by atoms with Crippen LogP contribution in [0, 0.1) is 0 Å². The molecule has 0 aliphatic carbocycles. The van der Waals surface area contributed by atoms with E-state index in [0.717, 1.165) is 48.3 Å². The van der Waals surface area contributed by atoms with Gasteiger partial charge in [0.25, 0.3) is 5.19 Å². The molecule has 1 fully saturated rings. The third-order valence-electron chi connectivity index (χ3n) is 5.01. The van der Waals surface area contributed by atoms with E-state index in [4.69, 9.17) is 9.47 Å². The van der Waals surface area contributed by atoms with Crippen LogP contribution in [0.3, 0.4) is 0 Å². The number of carbonyl (C=O) groups excluding carboxylic acids is 1. The fraction of sp³-hybridized carbons (Fsp3) is 0.571. The van der Waals surface area contributed by atoms with Gasteiger partial charge in [0, 0.05) is 19.3 Å². The van der Waals surface area contributed by atoms with E-state index in [0.29, 0.717) is 18.3 Å². The molecule has 1 saturated heterocycles. The number of carbonyl (C=O) groups is 1. The smallest absolute Gasteiger partial charge is 0.410 e. The fourth-order valence-electron chi connectivity index (χ4n) is 3.51. The summed E-state index contributed by atoms with van der Waals surface area (Å²) in [6.45, 7) is 8.83. The summed E-state index contributed by atoms with van der Waals surface area (Å²) in [5, 5.41) is 4.04. The summed E-state index contributed by atoms with van der Waals surface area (Å²) in [7, 11) is 0. The van der Waals surface area contributed by atoms with Gasteiger partial charge < -0.3 is 19.7 Å². The van der Waals surface area contributed by atoms with Gasteiger partial charge in [0.15, 0.2) is 5.65 Å². The topological polar surface area (TPSA) is 76.6 Å². The van der Waals surface area contributed by atoms with E-state index in [1.165, 1.54) is 5.57 Å². The van der Waals surface area contributed by atoms with Crippen molar-refractivity contribution in [3.63, 3.8) is 0 Å². The summed E-state index contributed by atoms with van der Waals surface area (Å²) >= 11 is 1.55. The van der Waals surface area contributed by atoms with Crippen LogP contribution in [0.1, 0.15) is 45.6 Å². The van der Waals surface area contributed by atoms with E-state index >= 15 is 0 Å². The first-order valence-electron chi connectivity index (χ1n) is 10.2. The number of hydrogen-bond donors (Lipinski definition) is 1. The second-order valence-corrected chi connectivity index (χ2v) is 9.49. The van der Waals surface area contributed by atoms with Gasteiger partial charge in [-0.15, -0.1) is 0 Å². The Hall–Kier alpha value is -2.19. The molecule has 29 heavy (non-hydrogen) atoms. The molecule has 0 atom stereocenters. The van der Waals surface area contributed by atoms with E-state index in [1.54, 1.807) is 16.2 Å². The van der Waals surface area contributed by atoms with E-state index < -0.39 is 5.60 Å². The highest BCUT2D eigenvalue weighted by molar-refractivity contribution is 7.20. The van der Waals surface area contributed by atoms with Gasteiger partial charge in [-0.3, -0.25) is 0 Å². The van der Waals surface area contributed by atoms with Gasteiger partial charge in [0.05, 0.1) is 4.70 Å². The Morgan fingerprint density at radius 2 is 2.10 bits per heavy atom. The average Bonchev–Trinajstić information content (AvgIpc) is 3.09. The predicted octanol–water partition coefficient (Wildman–Crippen LogP) is 3.85. The SMILES string of the molecule is CC(C)(C)OC(=O)N1CC=C(c2cnc3nc(OC4CCNCC4)sc3c2)CC1. The number of amides is 1. The Balaban J connectivity index is 1.43. The Kier molecular flexibility index (Phi) is 5.74. The lowest BCUT2D eigenvalue weighted by Gasteiger charge is -2.29. The number of ether oxygens (including phenoxy) is 2. The summed E-state index contributed by atoms with van der Waals surface area (Å²) in [6.07, 6.45) is 6.73. The number of aromatic nitrogens is 2. The van der Waals surface area contributed by atoms with Crippen molar-refractivity contribution in [3.8, 4) is 5.19 Å². The van der Waals surface area contributed by atoms with Crippen molar-refractivity contribution in [2.75, 3.05) is 26.2 Å². The van der Waals surface area contributed by atoms with Crippen LogP contribution >= 0.6 is 11.3 Å². The summed E-state index contributed by atoms with van der Waals surface area (Å²) in [4.78, 5) is 23.0. The molecule has 0 spiro atoms. The van der Waals surface area contributed by atoms with Crippen molar-refractivity contribution in [1.29, 1.82) is 0 Å². The molecular weight excluding hydrogens is 388 g/mol. The standard InChI is InChI=1S/C21H28N4O3S/c1-21(2,3)28-20(26)25-10-6-14(7-11-25)15-12-17-18(23-13-15)24-19(29-17)27-16-4-8-22-9-5-16/h6,12-13,16,22H,4-5,7-11H2,1-3H3. The molecule has 0 radical (unpaired) electrons. The highest BCUT2D eigenvalue weighted by Crippen LogP contribution is 2.31. The van der Waals surface area contributed by atoms with E-state index in [1.807, 2.05) is 27.0 Å². The Bertz CT molecular complexity index is 912. The van der Waals surface area contributed by atoms with Crippen LogP contribution in [0.2, 0.25) is 0 Å². The lowest BCUT2D eigenvalue weighted by atomic mass is 10.0. The van der Waals surface area contributed by atoms with Crippen molar-refractivity contribution in [2.24, 2.45) is 0 Å². The molecule has 1 amide bonds. The third kappa shape index (κ3) is 5.05. The van der Waals surface area contributed by atoms with Crippen LogP contribution in [0.5, 0.6) is 5.19 Å². The predicted molar refractivity (Wildman–Crippen MR) is 114 cm³/mol. The van der Waals surface area contributed by atoms with Gasteiger partial charge >= 0.3 is 6.09 Å². The molecule has 0 unspecified atom stereocenters. The van der Waals surface area contributed by atoms with Crippen molar-refractivity contribution >= 4 is 33.4 Å². The number of thiazole rings is 1. The average molecular weight is 417 g/mol. The van der Waals surface area contributed by atoms with Crippen LogP contribution < -0.4 is 10.1 Å². The maximum Gasteiger partial charge on any atom is 0.410 e. The second kappa shape index (κ2) is 8.28. The zero-order valence-corrected chi connectivity index (χ0v) is 18.1. The molecule has 0 bridgehead atoms. The summed E-state index contributed by atoms with van der Waals surface area (Å²) in [6, 6.07) is 2.13. The number of rotatable bonds is 3. The first kappa shape index (κ1) is 20.1.